The number of carbonyl (C=O) groups is 1. The molecule has 1 aliphatic rings. The van der Waals surface area contributed by atoms with E-state index in [1.165, 1.54) is 0 Å². The van der Waals surface area contributed by atoms with E-state index < -0.39 is 23.1 Å². The Kier molecular flexibility index (Phi) is 2.88. The fourth-order valence-electron chi connectivity index (χ4n) is 1.76. The quantitative estimate of drug-likeness (QED) is 0.711. The van der Waals surface area contributed by atoms with E-state index in [4.69, 9.17) is 0 Å². The molecule has 18 heavy (non-hydrogen) atoms. The lowest BCUT2D eigenvalue weighted by atomic mass is 9.96. The minimum Gasteiger partial charge on any atom is -0.272 e. The lowest BCUT2D eigenvalue weighted by Crippen LogP contribution is -2.37. The van der Waals surface area contributed by atoms with Gasteiger partial charge in [-0.25, -0.2) is 0 Å². The summed E-state index contributed by atoms with van der Waals surface area (Å²) < 4.78 is 37.3. The van der Waals surface area contributed by atoms with Crippen LogP contribution in [0.15, 0.2) is 23.3 Å². The third-order valence-corrected chi connectivity index (χ3v) is 2.94. The summed E-state index contributed by atoms with van der Waals surface area (Å²) in [6, 6.07) is 5.14. The third-order valence-electron chi connectivity index (χ3n) is 2.94. The van der Waals surface area contributed by atoms with Crippen molar-refractivity contribution in [3.05, 3.63) is 34.9 Å². The van der Waals surface area contributed by atoms with Gasteiger partial charge in [-0.1, -0.05) is 18.2 Å². The van der Waals surface area contributed by atoms with Gasteiger partial charge in [0.1, 0.15) is 5.92 Å². The topological polar surface area (TPSA) is 32.7 Å². The highest BCUT2D eigenvalue weighted by Crippen LogP contribution is 2.31. The van der Waals surface area contributed by atoms with Crippen molar-refractivity contribution < 1.29 is 18.0 Å². The Morgan fingerprint density at radius 3 is 2.39 bits per heavy atom. The van der Waals surface area contributed by atoms with Crippen molar-refractivity contribution in [1.82, 2.24) is 5.01 Å². The molecule has 0 N–H and O–H groups in total. The summed E-state index contributed by atoms with van der Waals surface area (Å²) in [5.74, 6) is -2.02. The van der Waals surface area contributed by atoms with E-state index in [2.05, 4.69) is 5.10 Å². The molecule has 0 saturated carbocycles. The predicted octanol–water partition coefficient (Wildman–Crippen LogP) is 2.73. The van der Waals surface area contributed by atoms with E-state index >= 15 is 0 Å². The molecule has 1 aromatic carbocycles. The highest BCUT2D eigenvalue weighted by atomic mass is 19.4. The van der Waals surface area contributed by atoms with Crippen LogP contribution in [0, 0.1) is 13.8 Å². The van der Waals surface area contributed by atoms with Crippen LogP contribution in [0.4, 0.5) is 13.2 Å². The molecule has 1 unspecified atom stereocenters. The number of alkyl halides is 3. The van der Waals surface area contributed by atoms with Crippen LogP contribution >= 0.6 is 0 Å². The molecule has 1 atom stereocenters. The molecule has 0 radical (unpaired) electrons. The van der Waals surface area contributed by atoms with E-state index in [-0.39, 0.29) is 0 Å². The number of rotatable bonds is 1. The van der Waals surface area contributed by atoms with E-state index in [1.54, 1.807) is 18.2 Å². The van der Waals surface area contributed by atoms with Gasteiger partial charge < -0.3 is 0 Å². The molecular weight excluding hydrogens is 245 g/mol. The number of hydrogen-bond acceptors (Lipinski definition) is 2. The average Bonchev–Trinajstić information content (AvgIpc) is 2.64. The zero-order chi connectivity index (χ0) is 13.5. The van der Waals surface area contributed by atoms with Crippen LogP contribution < -0.4 is 0 Å². The molecule has 1 aliphatic heterocycles. The van der Waals surface area contributed by atoms with Gasteiger partial charge in [0, 0.05) is 6.21 Å². The lowest BCUT2D eigenvalue weighted by Gasteiger charge is -2.17. The van der Waals surface area contributed by atoms with Crippen LogP contribution in [-0.2, 0) is 4.79 Å². The maximum atomic E-state index is 12.4. The second-order valence-electron chi connectivity index (χ2n) is 4.20. The normalized spacial score (nSPS) is 19.7. The van der Waals surface area contributed by atoms with E-state index in [0.717, 1.165) is 17.3 Å². The van der Waals surface area contributed by atoms with Crippen LogP contribution in [-0.4, -0.2) is 23.4 Å². The van der Waals surface area contributed by atoms with Gasteiger partial charge >= 0.3 is 6.30 Å². The fraction of sp³-hybridized carbons (Fsp3) is 0.333. The molecule has 0 bridgehead atoms. The third kappa shape index (κ3) is 2.10. The summed E-state index contributed by atoms with van der Waals surface area (Å²) in [6.45, 7) is 3.74. The summed E-state index contributed by atoms with van der Waals surface area (Å²) in [5, 5.41) is 2.71. The molecule has 0 aromatic heterocycles. The molecule has 1 amide bonds. The van der Waals surface area contributed by atoms with Crippen molar-refractivity contribution >= 4 is 12.1 Å². The van der Waals surface area contributed by atoms with E-state index in [0.29, 0.717) is 5.56 Å². The molecule has 0 saturated heterocycles. The van der Waals surface area contributed by atoms with Crippen molar-refractivity contribution in [3.63, 3.8) is 0 Å². The van der Waals surface area contributed by atoms with Gasteiger partial charge in [0.2, 0.25) is 0 Å². The van der Waals surface area contributed by atoms with Crippen LogP contribution in [0.2, 0.25) is 0 Å². The second kappa shape index (κ2) is 4.12. The monoisotopic (exact) mass is 256 g/mol. The van der Waals surface area contributed by atoms with Gasteiger partial charge in [0.15, 0.2) is 0 Å². The number of halogens is 3. The SMILES string of the molecule is Cc1ccc(C2C=NN(C(F)(F)F)C2=O)cc1C. The lowest BCUT2D eigenvalue weighted by molar-refractivity contribution is -0.238. The number of hydrogen-bond donors (Lipinski definition) is 0. The average molecular weight is 256 g/mol. The van der Waals surface area contributed by atoms with Gasteiger partial charge in [-0.05, 0) is 30.5 Å². The molecule has 3 nitrogen and oxygen atoms in total. The molecule has 0 fully saturated rings. The Morgan fingerprint density at radius 2 is 1.89 bits per heavy atom. The molecule has 6 heteroatoms. The minimum atomic E-state index is -4.76. The van der Waals surface area contributed by atoms with Gasteiger partial charge in [0.05, 0.1) is 0 Å². The Morgan fingerprint density at radius 1 is 1.22 bits per heavy atom. The smallest absolute Gasteiger partial charge is 0.272 e. The highest BCUT2D eigenvalue weighted by Gasteiger charge is 2.47. The van der Waals surface area contributed by atoms with Gasteiger partial charge in [0.25, 0.3) is 5.91 Å². The predicted molar refractivity (Wildman–Crippen MR) is 60.1 cm³/mol. The Labute approximate surface area is 102 Å². The summed E-state index contributed by atoms with van der Waals surface area (Å²) in [7, 11) is 0. The maximum Gasteiger partial charge on any atom is 0.507 e. The molecule has 1 heterocycles. The van der Waals surface area contributed by atoms with Crippen LogP contribution in [0.3, 0.4) is 0 Å². The van der Waals surface area contributed by atoms with E-state index in [1.807, 2.05) is 13.8 Å². The first-order chi connectivity index (χ1) is 8.30. The van der Waals surface area contributed by atoms with Gasteiger partial charge in [-0.15, -0.1) is 18.2 Å². The van der Waals surface area contributed by atoms with Crippen molar-refractivity contribution in [1.29, 1.82) is 0 Å². The van der Waals surface area contributed by atoms with Crippen LogP contribution in [0.25, 0.3) is 0 Å². The molecule has 1 aromatic rings. The molecule has 2 rings (SSSR count). The summed E-state index contributed by atoms with van der Waals surface area (Å²) in [4.78, 5) is 11.6. The van der Waals surface area contributed by atoms with Gasteiger partial charge in [-0.2, -0.15) is 5.10 Å². The summed E-state index contributed by atoms with van der Waals surface area (Å²) in [5.41, 5.74) is 2.48. The Balaban J connectivity index is 2.30. The number of nitrogens with zero attached hydrogens (tertiary/aromatic N) is 2. The van der Waals surface area contributed by atoms with Crippen molar-refractivity contribution in [2.45, 2.75) is 26.1 Å². The second-order valence-corrected chi connectivity index (χ2v) is 4.20. The first-order valence-corrected chi connectivity index (χ1v) is 5.33. The number of amides is 1. The number of hydrazone groups is 1. The summed E-state index contributed by atoms with van der Waals surface area (Å²) in [6.07, 6.45) is -3.73. The zero-order valence-electron chi connectivity index (χ0n) is 9.82. The first-order valence-electron chi connectivity index (χ1n) is 5.33. The number of aryl methyl sites for hydroxylation is 2. The van der Waals surface area contributed by atoms with Crippen molar-refractivity contribution in [2.24, 2.45) is 5.10 Å². The Bertz CT molecular complexity index is 523. The van der Waals surface area contributed by atoms with Crippen molar-refractivity contribution in [2.75, 3.05) is 0 Å². The van der Waals surface area contributed by atoms with Crippen molar-refractivity contribution in [3.8, 4) is 0 Å². The molecule has 0 spiro atoms. The number of benzene rings is 1. The standard InChI is InChI=1S/C12H11F3N2O/c1-7-3-4-9(5-8(7)2)10-6-16-17(11(10)18)12(13,14)15/h3-6,10H,1-2H3. The van der Waals surface area contributed by atoms with Crippen LogP contribution in [0.1, 0.15) is 22.6 Å². The Hall–Kier alpha value is -1.85. The number of carbonyl (C=O) groups excluding carboxylic acids is 1. The fourth-order valence-corrected chi connectivity index (χ4v) is 1.76. The molecule has 96 valence electrons. The van der Waals surface area contributed by atoms with Crippen LogP contribution in [0.5, 0.6) is 0 Å². The van der Waals surface area contributed by atoms with E-state index in [9.17, 15) is 18.0 Å². The molecule has 0 aliphatic carbocycles. The first kappa shape index (κ1) is 12.6. The highest BCUT2D eigenvalue weighted by molar-refractivity contribution is 6.02. The largest absolute Gasteiger partial charge is 0.507 e. The maximum absolute atomic E-state index is 12.4. The minimum absolute atomic E-state index is 0.424. The molecular formula is C12H11F3N2O. The summed E-state index contributed by atoms with van der Waals surface area (Å²) >= 11 is 0. The van der Waals surface area contributed by atoms with Gasteiger partial charge in [-0.3, -0.25) is 4.79 Å². The zero-order valence-corrected chi connectivity index (χ0v) is 9.82.